The summed E-state index contributed by atoms with van der Waals surface area (Å²) in [5, 5.41) is 0. The highest BCUT2D eigenvalue weighted by Gasteiger charge is 2.19. The number of piperidine rings is 1. The van der Waals surface area contributed by atoms with E-state index in [1.54, 1.807) is 0 Å². The molecule has 0 spiro atoms. The summed E-state index contributed by atoms with van der Waals surface area (Å²) in [6, 6.07) is 0.718. The smallest absolute Gasteiger partial charge is 0.0275 e. The van der Waals surface area contributed by atoms with E-state index in [1.807, 2.05) is 0 Å². The van der Waals surface area contributed by atoms with Crippen LogP contribution in [0.2, 0.25) is 0 Å². The molecule has 0 radical (unpaired) electrons. The molecule has 92 valence electrons. The van der Waals surface area contributed by atoms with Crippen LogP contribution >= 0.6 is 15.9 Å². The van der Waals surface area contributed by atoms with Gasteiger partial charge in [-0.15, -0.1) is 0 Å². The standard InChI is InChI=1S/C14H24BrN/c1-16-11-3-2-4-14(16)10-7-12-5-8-13(15)9-6-12/h7,10,12-14H,2-6,8-9,11H2,1H3/b10-7+. The summed E-state index contributed by atoms with van der Waals surface area (Å²) in [6.45, 7) is 1.28. The van der Waals surface area contributed by atoms with Crippen LogP contribution in [0, 0.1) is 5.92 Å². The van der Waals surface area contributed by atoms with E-state index in [4.69, 9.17) is 0 Å². The maximum Gasteiger partial charge on any atom is 0.0275 e. The van der Waals surface area contributed by atoms with E-state index in [1.165, 1.54) is 51.5 Å². The average Bonchev–Trinajstić information content (AvgIpc) is 2.30. The van der Waals surface area contributed by atoms with Crippen molar-refractivity contribution in [1.29, 1.82) is 0 Å². The van der Waals surface area contributed by atoms with E-state index < -0.39 is 0 Å². The summed E-state index contributed by atoms with van der Waals surface area (Å²) in [6.07, 6.45) is 14.6. The number of rotatable bonds is 2. The van der Waals surface area contributed by atoms with Crippen molar-refractivity contribution < 1.29 is 0 Å². The van der Waals surface area contributed by atoms with E-state index in [9.17, 15) is 0 Å². The van der Waals surface area contributed by atoms with Crippen LogP contribution in [0.15, 0.2) is 12.2 Å². The van der Waals surface area contributed by atoms with Crippen molar-refractivity contribution in [2.75, 3.05) is 13.6 Å². The van der Waals surface area contributed by atoms with Gasteiger partial charge in [0.25, 0.3) is 0 Å². The van der Waals surface area contributed by atoms with Gasteiger partial charge in [0.2, 0.25) is 0 Å². The van der Waals surface area contributed by atoms with Gasteiger partial charge in [-0.2, -0.15) is 0 Å². The van der Waals surface area contributed by atoms with Crippen molar-refractivity contribution in [3.63, 3.8) is 0 Å². The van der Waals surface area contributed by atoms with Gasteiger partial charge < -0.3 is 0 Å². The van der Waals surface area contributed by atoms with Gasteiger partial charge in [-0.25, -0.2) is 0 Å². The van der Waals surface area contributed by atoms with Gasteiger partial charge in [0.05, 0.1) is 0 Å². The maximum absolute atomic E-state index is 3.72. The van der Waals surface area contributed by atoms with E-state index in [0.717, 1.165) is 16.8 Å². The Morgan fingerprint density at radius 2 is 1.75 bits per heavy atom. The average molecular weight is 286 g/mol. The molecule has 2 aliphatic rings. The van der Waals surface area contributed by atoms with Crippen molar-refractivity contribution in [3.8, 4) is 0 Å². The fraction of sp³-hybridized carbons (Fsp3) is 0.857. The molecule has 1 saturated heterocycles. The topological polar surface area (TPSA) is 3.24 Å². The van der Waals surface area contributed by atoms with Crippen LogP contribution in [0.25, 0.3) is 0 Å². The summed E-state index contributed by atoms with van der Waals surface area (Å²) >= 11 is 3.72. The fourth-order valence-electron chi connectivity index (χ4n) is 2.90. The lowest BCUT2D eigenvalue weighted by molar-refractivity contribution is 0.221. The minimum Gasteiger partial charge on any atom is -0.300 e. The highest BCUT2D eigenvalue weighted by atomic mass is 79.9. The highest BCUT2D eigenvalue weighted by molar-refractivity contribution is 9.09. The maximum atomic E-state index is 3.72. The predicted molar refractivity (Wildman–Crippen MR) is 74.1 cm³/mol. The van der Waals surface area contributed by atoms with Crippen LogP contribution in [-0.4, -0.2) is 29.4 Å². The van der Waals surface area contributed by atoms with E-state index in [2.05, 4.69) is 40.0 Å². The molecule has 1 nitrogen and oxygen atoms in total. The first-order valence-corrected chi connectivity index (χ1v) is 7.70. The van der Waals surface area contributed by atoms with Crippen LogP contribution < -0.4 is 0 Å². The van der Waals surface area contributed by atoms with Crippen LogP contribution in [0.1, 0.15) is 44.9 Å². The van der Waals surface area contributed by atoms with Crippen molar-refractivity contribution in [3.05, 3.63) is 12.2 Å². The predicted octanol–water partition coefficient (Wildman–Crippen LogP) is 3.98. The summed E-state index contributed by atoms with van der Waals surface area (Å²) in [4.78, 5) is 3.30. The minimum absolute atomic E-state index is 0.718. The molecule has 0 aromatic carbocycles. The summed E-state index contributed by atoms with van der Waals surface area (Å²) in [5.74, 6) is 0.851. The van der Waals surface area contributed by atoms with Crippen LogP contribution in [-0.2, 0) is 0 Å². The third kappa shape index (κ3) is 3.59. The molecule has 2 fully saturated rings. The molecule has 1 aliphatic carbocycles. The van der Waals surface area contributed by atoms with Gasteiger partial charge in [0, 0.05) is 10.9 Å². The Morgan fingerprint density at radius 3 is 2.44 bits per heavy atom. The van der Waals surface area contributed by atoms with Gasteiger partial charge in [0.15, 0.2) is 0 Å². The Labute approximate surface area is 108 Å². The Hall–Kier alpha value is 0.180. The molecule has 0 N–H and O–H groups in total. The van der Waals surface area contributed by atoms with Crippen LogP contribution in [0.5, 0.6) is 0 Å². The third-order valence-corrected chi connectivity index (χ3v) is 5.05. The molecule has 0 bridgehead atoms. The number of likely N-dealkylation sites (N-methyl/N-ethyl adjacent to an activating group) is 1. The molecule has 0 amide bonds. The molecule has 0 aromatic heterocycles. The van der Waals surface area contributed by atoms with E-state index in [-0.39, 0.29) is 0 Å². The molecule has 16 heavy (non-hydrogen) atoms. The van der Waals surface area contributed by atoms with Gasteiger partial charge in [-0.1, -0.05) is 34.5 Å². The first-order chi connectivity index (χ1) is 7.75. The Kier molecular flexibility index (Phi) is 4.90. The van der Waals surface area contributed by atoms with Crippen molar-refractivity contribution in [2.24, 2.45) is 5.92 Å². The van der Waals surface area contributed by atoms with Gasteiger partial charge >= 0.3 is 0 Å². The summed E-state index contributed by atoms with van der Waals surface area (Å²) < 4.78 is 0. The van der Waals surface area contributed by atoms with Crippen LogP contribution in [0.4, 0.5) is 0 Å². The lowest BCUT2D eigenvalue weighted by atomic mass is 9.88. The second-order valence-electron chi connectivity index (χ2n) is 5.44. The van der Waals surface area contributed by atoms with Gasteiger partial charge in [-0.05, 0) is 58.0 Å². The molecule has 2 rings (SSSR count). The second kappa shape index (κ2) is 6.20. The van der Waals surface area contributed by atoms with Gasteiger partial charge in [-0.3, -0.25) is 4.90 Å². The first kappa shape index (κ1) is 12.6. The quantitative estimate of drug-likeness (QED) is 0.548. The molecule has 1 saturated carbocycles. The number of halogens is 1. The minimum atomic E-state index is 0.718. The third-order valence-electron chi connectivity index (χ3n) is 4.13. The van der Waals surface area contributed by atoms with Crippen molar-refractivity contribution in [2.45, 2.75) is 55.8 Å². The zero-order chi connectivity index (χ0) is 11.4. The number of hydrogen-bond acceptors (Lipinski definition) is 1. The molecule has 2 heteroatoms. The van der Waals surface area contributed by atoms with E-state index >= 15 is 0 Å². The monoisotopic (exact) mass is 285 g/mol. The molecule has 1 heterocycles. The second-order valence-corrected chi connectivity index (χ2v) is 6.74. The molecule has 1 atom stereocenters. The van der Waals surface area contributed by atoms with Crippen LogP contribution in [0.3, 0.4) is 0 Å². The first-order valence-electron chi connectivity index (χ1n) is 6.78. The number of allylic oxidation sites excluding steroid dienone is 1. The zero-order valence-corrected chi connectivity index (χ0v) is 12.0. The Bertz CT molecular complexity index is 231. The zero-order valence-electron chi connectivity index (χ0n) is 10.4. The highest BCUT2D eigenvalue weighted by Crippen LogP contribution is 2.30. The largest absolute Gasteiger partial charge is 0.300 e. The summed E-state index contributed by atoms with van der Waals surface area (Å²) in [5.41, 5.74) is 0. The summed E-state index contributed by atoms with van der Waals surface area (Å²) in [7, 11) is 2.27. The molecule has 1 unspecified atom stereocenters. The number of likely N-dealkylation sites (tertiary alicyclic amines) is 1. The lowest BCUT2D eigenvalue weighted by Crippen LogP contribution is -2.34. The lowest BCUT2D eigenvalue weighted by Gasteiger charge is -2.31. The number of nitrogens with zero attached hydrogens (tertiary/aromatic N) is 1. The Balaban J connectivity index is 1.79. The van der Waals surface area contributed by atoms with E-state index in [0.29, 0.717) is 0 Å². The molecule has 0 aromatic rings. The normalized spacial score (nSPS) is 38.0. The molecular weight excluding hydrogens is 262 g/mol. The Morgan fingerprint density at radius 1 is 1.00 bits per heavy atom. The number of alkyl halides is 1. The van der Waals surface area contributed by atoms with Gasteiger partial charge in [0.1, 0.15) is 0 Å². The molecule has 1 aliphatic heterocycles. The SMILES string of the molecule is CN1CCCCC1/C=C/C1CCC(Br)CC1. The number of hydrogen-bond donors (Lipinski definition) is 0. The van der Waals surface area contributed by atoms with Crippen molar-refractivity contribution in [1.82, 2.24) is 4.90 Å². The fourth-order valence-corrected chi connectivity index (χ4v) is 3.43. The van der Waals surface area contributed by atoms with Crippen molar-refractivity contribution >= 4 is 15.9 Å². The molecular formula is C14H24BrN.